The first-order valence-corrected chi connectivity index (χ1v) is 4.58. The van der Waals surface area contributed by atoms with Crippen molar-refractivity contribution in [2.45, 2.75) is 13.0 Å². The van der Waals surface area contributed by atoms with E-state index in [1.165, 1.54) is 12.1 Å². The number of fused-ring (bicyclic) bond motifs is 1. The van der Waals surface area contributed by atoms with Gasteiger partial charge in [0.05, 0.1) is 11.3 Å². The molecule has 1 amide bonds. The summed E-state index contributed by atoms with van der Waals surface area (Å²) in [6.07, 6.45) is 0.257. The lowest BCUT2D eigenvalue weighted by molar-refractivity contribution is -0.384. The first kappa shape index (κ1) is 9.64. The highest BCUT2D eigenvalue weighted by molar-refractivity contribution is 5.80. The number of hydrogen-bond donors (Lipinski definition) is 0. The molecule has 0 radical (unpaired) electrons. The molecule has 0 N–H and O–H groups in total. The van der Waals surface area contributed by atoms with E-state index in [0.29, 0.717) is 6.54 Å². The molecule has 0 spiro atoms. The van der Waals surface area contributed by atoms with E-state index in [9.17, 15) is 14.9 Å². The van der Waals surface area contributed by atoms with Gasteiger partial charge in [-0.05, 0) is 11.1 Å². The zero-order valence-electron chi connectivity index (χ0n) is 8.27. The molecule has 0 unspecified atom stereocenters. The van der Waals surface area contributed by atoms with Crippen LogP contribution in [0.3, 0.4) is 0 Å². The van der Waals surface area contributed by atoms with Crippen molar-refractivity contribution in [1.82, 2.24) is 4.90 Å². The van der Waals surface area contributed by atoms with Gasteiger partial charge in [-0.1, -0.05) is 6.07 Å². The Morgan fingerprint density at radius 1 is 1.40 bits per heavy atom. The van der Waals surface area contributed by atoms with E-state index >= 15 is 0 Å². The highest BCUT2D eigenvalue weighted by Crippen LogP contribution is 2.23. The maximum absolute atomic E-state index is 11.4. The Balaban J connectivity index is 2.41. The van der Waals surface area contributed by atoms with E-state index in [1.807, 2.05) is 0 Å². The van der Waals surface area contributed by atoms with Crippen molar-refractivity contribution in [1.29, 1.82) is 0 Å². The average Bonchev–Trinajstić information content (AvgIpc) is 2.19. The average molecular weight is 206 g/mol. The largest absolute Gasteiger partial charge is 0.341 e. The smallest absolute Gasteiger partial charge is 0.269 e. The molecule has 0 bridgehead atoms. The van der Waals surface area contributed by atoms with Gasteiger partial charge in [0.2, 0.25) is 5.91 Å². The Kier molecular flexibility index (Phi) is 2.15. The number of rotatable bonds is 1. The van der Waals surface area contributed by atoms with Crippen LogP contribution in [0.5, 0.6) is 0 Å². The molecular formula is C10H10N2O3. The third-order valence-electron chi connectivity index (χ3n) is 2.58. The molecule has 78 valence electrons. The Hall–Kier alpha value is -1.91. The lowest BCUT2D eigenvalue weighted by Crippen LogP contribution is -2.32. The Bertz CT molecular complexity index is 442. The molecule has 5 heteroatoms. The predicted molar refractivity (Wildman–Crippen MR) is 53.3 cm³/mol. The topological polar surface area (TPSA) is 63.4 Å². The zero-order chi connectivity index (χ0) is 11.0. The number of amides is 1. The van der Waals surface area contributed by atoms with Crippen LogP contribution in [0.25, 0.3) is 0 Å². The van der Waals surface area contributed by atoms with E-state index in [4.69, 9.17) is 0 Å². The summed E-state index contributed by atoms with van der Waals surface area (Å²) in [5.41, 5.74) is 1.81. The number of nitro groups is 1. The minimum absolute atomic E-state index is 0.00278. The van der Waals surface area contributed by atoms with Gasteiger partial charge in [-0.2, -0.15) is 0 Å². The zero-order valence-corrected chi connectivity index (χ0v) is 8.27. The molecule has 0 aliphatic carbocycles. The second-order valence-electron chi connectivity index (χ2n) is 3.64. The van der Waals surface area contributed by atoms with Crippen LogP contribution in [0.1, 0.15) is 11.1 Å². The predicted octanol–water partition coefficient (Wildman–Crippen LogP) is 1.11. The SMILES string of the molecule is CN1Cc2ccc([N+](=O)[O-])cc2CC1=O. The molecule has 0 saturated heterocycles. The lowest BCUT2D eigenvalue weighted by atomic mass is 9.99. The third kappa shape index (κ3) is 1.68. The molecule has 1 aromatic rings. The lowest BCUT2D eigenvalue weighted by Gasteiger charge is -2.24. The monoisotopic (exact) mass is 206 g/mol. The molecule has 5 nitrogen and oxygen atoms in total. The van der Waals surface area contributed by atoms with Gasteiger partial charge in [0, 0.05) is 25.7 Å². The van der Waals surface area contributed by atoms with E-state index in [0.717, 1.165) is 11.1 Å². The van der Waals surface area contributed by atoms with Gasteiger partial charge in [0.25, 0.3) is 5.69 Å². The minimum Gasteiger partial charge on any atom is -0.341 e. The van der Waals surface area contributed by atoms with Crippen molar-refractivity contribution in [3.8, 4) is 0 Å². The van der Waals surface area contributed by atoms with Crippen molar-refractivity contribution in [3.05, 3.63) is 39.4 Å². The second kappa shape index (κ2) is 3.34. The first-order valence-electron chi connectivity index (χ1n) is 4.58. The summed E-state index contributed by atoms with van der Waals surface area (Å²) < 4.78 is 0. The van der Waals surface area contributed by atoms with Gasteiger partial charge in [0.1, 0.15) is 0 Å². The quantitative estimate of drug-likeness (QED) is 0.510. The molecule has 2 rings (SSSR count). The molecule has 1 aliphatic heterocycles. The summed E-state index contributed by atoms with van der Waals surface area (Å²) in [5, 5.41) is 10.5. The van der Waals surface area contributed by atoms with Crippen LogP contribution in [0.15, 0.2) is 18.2 Å². The summed E-state index contributed by atoms with van der Waals surface area (Å²) >= 11 is 0. The third-order valence-corrected chi connectivity index (χ3v) is 2.58. The molecule has 0 saturated carbocycles. The number of benzene rings is 1. The maximum Gasteiger partial charge on any atom is 0.269 e. The van der Waals surface area contributed by atoms with E-state index in [1.54, 1.807) is 18.0 Å². The summed E-state index contributed by atoms with van der Waals surface area (Å²) in [7, 11) is 1.73. The fraction of sp³-hybridized carbons (Fsp3) is 0.300. The van der Waals surface area contributed by atoms with Crippen LogP contribution in [0, 0.1) is 10.1 Å². The molecular weight excluding hydrogens is 196 g/mol. The number of carbonyl (C=O) groups is 1. The minimum atomic E-state index is -0.441. The number of nitro benzene ring substituents is 1. The Morgan fingerprint density at radius 2 is 2.13 bits per heavy atom. The number of nitrogens with zero attached hydrogens (tertiary/aromatic N) is 2. The fourth-order valence-electron chi connectivity index (χ4n) is 1.69. The molecule has 1 aromatic carbocycles. The van der Waals surface area contributed by atoms with Crippen LogP contribution in [-0.4, -0.2) is 22.8 Å². The Morgan fingerprint density at radius 3 is 2.80 bits per heavy atom. The van der Waals surface area contributed by atoms with Crippen LogP contribution >= 0.6 is 0 Å². The van der Waals surface area contributed by atoms with Crippen molar-refractivity contribution >= 4 is 11.6 Å². The van der Waals surface area contributed by atoms with Crippen molar-refractivity contribution in [2.24, 2.45) is 0 Å². The van der Waals surface area contributed by atoms with Crippen LogP contribution < -0.4 is 0 Å². The van der Waals surface area contributed by atoms with Crippen LogP contribution in [0.2, 0.25) is 0 Å². The van der Waals surface area contributed by atoms with Gasteiger partial charge < -0.3 is 4.90 Å². The van der Waals surface area contributed by atoms with Gasteiger partial charge in [0.15, 0.2) is 0 Å². The molecule has 0 aromatic heterocycles. The van der Waals surface area contributed by atoms with E-state index < -0.39 is 4.92 Å². The van der Waals surface area contributed by atoms with Gasteiger partial charge >= 0.3 is 0 Å². The number of non-ortho nitro benzene ring substituents is 1. The van der Waals surface area contributed by atoms with Crippen molar-refractivity contribution < 1.29 is 9.72 Å². The molecule has 1 aliphatic rings. The van der Waals surface area contributed by atoms with Gasteiger partial charge in [-0.15, -0.1) is 0 Å². The highest BCUT2D eigenvalue weighted by Gasteiger charge is 2.21. The fourth-order valence-corrected chi connectivity index (χ4v) is 1.69. The summed E-state index contributed by atoms with van der Waals surface area (Å²) in [6, 6.07) is 4.68. The van der Waals surface area contributed by atoms with Gasteiger partial charge in [-0.3, -0.25) is 14.9 Å². The standard InChI is InChI=1S/C10H10N2O3/c1-11-6-7-2-3-9(12(14)15)4-8(7)5-10(11)13/h2-4H,5-6H2,1H3. The normalized spacial score (nSPS) is 15.0. The molecule has 0 fully saturated rings. The number of likely N-dealkylation sites (N-methyl/N-ethyl adjacent to an activating group) is 1. The van der Waals surface area contributed by atoms with Crippen molar-refractivity contribution in [2.75, 3.05) is 7.05 Å². The first-order chi connectivity index (χ1) is 7.08. The van der Waals surface area contributed by atoms with Crippen molar-refractivity contribution in [3.63, 3.8) is 0 Å². The summed E-state index contributed by atoms with van der Waals surface area (Å²) in [6.45, 7) is 0.534. The van der Waals surface area contributed by atoms with Crippen LogP contribution in [0.4, 0.5) is 5.69 Å². The number of carbonyl (C=O) groups excluding carboxylic acids is 1. The van der Waals surface area contributed by atoms with Crippen LogP contribution in [-0.2, 0) is 17.8 Å². The van der Waals surface area contributed by atoms with E-state index in [2.05, 4.69) is 0 Å². The highest BCUT2D eigenvalue weighted by atomic mass is 16.6. The Labute approximate surface area is 86.5 Å². The summed E-state index contributed by atoms with van der Waals surface area (Å²) in [5.74, 6) is 0.00278. The van der Waals surface area contributed by atoms with E-state index in [-0.39, 0.29) is 18.0 Å². The number of hydrogen-bond acceptors (Lipinski definition) is 3. The molecule has 0 atom stereocenters. The second-order valence-corrected chi connectivity index (χ2v) is 3.64. The molecule has 1 heterocycles. The molecule has 15 heavy (non-hydrogen) atoms. The summed E-state index contributed by atoms with van der Waals surface area (Å²) in [4.78, 5) is 23.1. The maximum atomic E-state index is 11.4. The van der Waals surface area contributed by atoms with Gasteiger partial charge in [-0.25, -0.2) is 0 Å².